The quantitative estimate of drug-likeness (QED) is 0.519. The van der Waals surface area contributed by atoms with Crippen LogP contribution >= 0.6 is 11.6 Å². The molecule has 0 unspecified atom stereocenters. The van der Waals surface area contributed by atoms with E-state index in [2.05, 4.69) is 15.1 Å². The van der Waals surface area contributed by atoms with Crippen molar-refractivity contribution < 1.29 is 14.3 Å². The molecule has 2 aromatic carbocycles. The first-order valence-corrected chi connectivity index (χ1v) is 11.4. The van der Waals surface area contributed by atoms with Gasteiger partial charge in [0.1, 0.15) is 11.5 Å². The Morgan fingerprint density at radius 2 is 1.73 bits per heavy atom. The number of aromatic nitrogens is 2. The molecular weight excluding hydrogens is 440 g/mol. The van der Waals surface area contributed by atoms with Gasteiger partial charge in [0.2, 0.25) is 0 Å². The Kier molecular flexibility index (Phi) is 7.29. The molecule has 1 aromatic heterocycles. The van der Waals surface area contributed by atoms with Crippen LogP contribution in [0.1, 0.15) is 12.5 Å². The van der Waals surface area contributed by atoms with E-state index in [-0.39, 0.29) is 12.5 Å². The van der Waals surface area contributed by atoms with E-state index in [0.29, 0.717) is 43.6 Å². The molecule has 1 aliphatic heterocycles. The number of amides is 1. The van der Waals surface area contributed by atoms with Crippen molar-refractivity contribution in [3.05, 3.63) is 65.2 Å². The lowest BCUT2D eigenvalue weighted by atomic mass is 10.1. The van der Waals surface area contributed by atoms with Gasteiger partial charge in [-0.1, -0.05) is 17.7 Å². The van der Waals surface area contributed by atoms with Crippen LogP contribution in [0.4, 0.5) is 5.82 Å². The summed E-state index contributed by atoms with van der Waals surface area (Å²) in [6, 6.07) is 17.3. The molecule has 1 aliphatic rings. The van der Waals surface area contributed by atoms with Gasteiger partial charge in [0.05, 0.1) is 17.3 Å². The number of anilines is 1. The van der Waals surface area contributed by atoms with Crippen molar-refractivity contribution in [2.75, 3.05) is 44.3 Å². The third-order valence-electron chi connectivity index (χ3n) is 5.51. The molecule has 1 amide bonds. The standard InChI is InChI=1S/C25H27ClN4O3/c1-3-32-20-7-5-19(6-8-20)22-10-11-24(28-27-22)29-12-14-30(15-13-29)25(31)17-33-23-16-18(2)4-9-21(23)26/h4-11,16H,3,12-15,17H2,1-2H3. The fourth-order valence-corrected chi connectivity index (χ4v) is 3.85. The maximum absolute atomic E-state index is 12.6. The lowest BCUT2D eigenvalue weighted by Crippen LogP contribution is -2.50. The van der Waals surface area contributed by atoms with Crippen molar-refractivity contribution in [1.29, 1.82) is 0 Å². The Morgan fingerprint density at radius 3 is 2.39 bits per heavy atom. The Morgan fingerprint density at radius 1 is 0.970 bits per heavy atom. The predicted octanol–water partition coefficient (Wildman–Crippen LogP) is 4.23. The van der Waals surface area contributed by atoms with Gasteiger partial charge in [-0.2, -0.15) is 0 Å². The first-order valence-electron chi connectivity index (χ1n) is 11.0. The van der Waals surface area contributed by atoms with Crippen molar-refractivity contribution in [3.63, 3.8) is 0 Å². The van der Waals surface area contributed by atoms with Crippen LogP contribution in [0.25, 0.3) is 11.3 Å². The molecule has 33 heavy (non-hydrogen) atoms. The third kappa shape index (κ3) is 5.73. The molecule has 1 fully saturated rings. The van der Waals surface area contributed by atoms with Crippen molar-refractivity contribution >= 4 is 23.3 Å². The topological polar surface area (TPSA) is 67.8 Å². The number of ether oxygens (including phenoxy) is 2. The molecule has 8 heteroatoms. The van der Waals surface area contributed by atoms with Gasteiger partial charge in [-0.25, -0.2) is 0 Å². The molecule has 172 valence electrons. The summed E-state index contributed by atoms with van der Waals surface area (Å²) in [4.78, 5) is 16.5. The number of nitrogens with zero attached hydrogens (tertiary/aromatic N) is 4. The second-order valence-corrected chi connectivity index (χ2v) is 8.23. The number of carbonyl (C=O) groups excluding carboxylic acids is 1. The summed E-state index contributed by atoms with van der Waals surface area (Å²) in [7, 11) is 0. The Hall–Kier alpha value is -3.32. The number of halogens is 1. The third-order valence-corrected chi connectivity index (χ3v) is 5.82. The van der Waals surface area contributed by atoms with Gasteiger partial charge < -0.3 is 19.3 Å². The smallest absolute Gasteiger partial charge is 0.260 e. The fraction of sp³-hybridized carbons (Fsp3) is 0.320. The Labute approximate surface area is 198 Å². The maximum Gasteiger partial charge on any atom is 0.260 e. The molecule has 4 rings (SSSR count). The normalized spacial score (nSPS) is 13.7. The summed E-state index contributed by atoms with van der Waals surface area (Å²) < 4.78 is 11.1. The van der Waals surface area contributed by atoms with Gasteiger partial charge in [-0.3, -0.25) is 4.79 Å². The van der Waals surface area contributed by atoms with Gasteiger partial charge in [0.15, 0.2) is 12.4 Å². The van der Waals surface area contributed by atoms with E-state index in [0.717, 1.165) is 28.4 Å². The minimum Gasteiger partial charge on any atom is -0.494 e. The van der Waals surface area contributed by atoms with Crippen molar-refractivity contribution in [1.82, 2.24) is 15.1 Å². The summed E-state index contributed by atoms with van der Waals surface area (Å²) in [5.41, 5.74) is 2.83. The van der Waals surface area contributed by atoms with Crippen molar-refractivity contribution in [2.24, 2.45) is 0 Å². The van der Waals surface area contributed by atoms with Crippen LogP contribution in [0.3, 0.4) is 0 Å². The van der Waals surface area contributed by atoms with Crippen LogP contribution < -0.4 is 14.4 Å². The fourth-order valence-electron chi connectivity index (χ4n) is 3.67. The van der Waals surface area contributed by atoms with Crippen LogP contribution in [0, 0.1) is 6.92 Å². The van der Waals surface area contributed by atoms with E-state index in [1.54, 1.807) is 6.07 Å². The van der Waals surface area contributed by atoms with E-state index >= 15 is 0 Å². The molecule has 2 heterocycles. The summed E-state index contributed by atoms with van der Waals surface area (Å²) in [6.07, 6.45) is 0. The average Bonchev–Trinajstić information content (AvgIpc) is 2.85. The van der Waals surface area contributed by atoms with E-state index in [4.69, 9.17) is 21.1 Å². The highest BCUT2D eigenvalue weighted by atomic mass is 35.5. The lowest BCUT2D eigenvalue weighted by Gasteiger charge is -2.35. The second-order valence-electron chi connectivity index (χ2n) is 7.82. The van der Waals surface area contributed by atoms with E-state index < -0.39 is 0 Å². The van der Waals surface area contributed by atoms with E-state index in [9.17, 15) is 4.79 Å². The highest BCUT2D eigenvalue weighted by molar-refractivity contribution is 6.32. The van der Waals surface area contributed by atoms with Gasteiger partial charge in [-0.05, 0) is 67.9 Å². The largest absolute Gasteiger partial charge is 0.494 e. The lowest BCUT2D eigenvalue weighted by molar-refractivity contribution is -0.133. The molecule has 0 N–H and O–H groups in total. The highest BCUT2D eigenvalue weighted by Gasteiger charge is 2.22. The maximum atomic E-state index is 12.6. The number of hydrogen-bond acceptors (Lipinski definition) is 6. The minimum absolute atomic E-state index is 0.0280. The van der Waals surface area contributed by atoms with Crippen LogP contribution in [-0.2, 0) is 4.79 Å². The van der Waals surface area contributed by atoms with Crippen molar-refractivity contribution in [3.8, 4) is 22.8 Å². The molecule has 0 bridgehead atoms. The first-order chi connectivity index (χ1) is 16.0. The van der Waals surface area contributed by atoms with Crippen molar-refractivity contribution in [2.45, 2.75) is 13.8 Å². The summed E-state index contributed by atoms with van der Waals surface area (Å²) >= 11 is 6.15. The number of benzene rings is 2. The van der Waals surface area contributed by atoms with Gasteiger partial charge in [0.25, 0.3) is 5.91 Å². The molecule has 1 saturated heterocycles. The number of carbonyl (C=O) groups is 1. The monoisotopic (exact) mass is 466 g/mol. The van der Waals surface area contributed by atoms with Gasteiger partial charge in [0, 0.05) is 31.7 Å². The highest BCUT2D eigenvalue weighted by Crippen LogP contribution is 2.25. The SMILES string of the molecule is CCOc1ccc(-c2ccc(N3CCN(C(=O)COc4cc(C)ccc4Cl)CC3)nn2)cc1. The molecule has 0 saturated carbocycles. The molecule has 0 radical (unpaired) electrons. The molecule has 0 aliphatic carbocycles. The van der Waals surface area contributed by atoms with Gasteiger partial charge in [-0.15, -0.1) is 10.2 Å². The zero-order valence-corrected chi connectivity index (χ0v) is 19.6. The molecule has 3 aromatic rings. The molecular formula is C25H27ClN4O3. The van der Waals surface area contributed by atoms with Crippen LogP contribution in [-0.4, -0.2) is 60.4 Å². The first kappa shape index (κ1) is 22.9. The molecule has 0 atom stereocenters. The summed E-state index contributed by atoms with van der Waals surface area (Å²) in [5, 5.41) is 9.29. The predicted molar refractivity (Wildman–Crippen MR) is 129 cm³/mol. The number of hydrogen-bond donors (Lipinski definition) is 0. The number of rotatable bonds is 7. The number of piperazine rings is 1. The summed E-state index contributed by atoms with van der Waals surface area (Å²) in [6.45, 7) is 7.11. The van der Waals surface area contributed by atoms with Crippen LogP contribution in [0.15, 0.2) is 54.6 Å². The molecule has 7 nitrogen and oxygen atoms in total. The minimum atomic E-state index is -0.0517. The van der Waals surface area contributed by atoms with E-state index in [1.807, 2.05) is 67.3 Å². The zero-order valence-electron chi connectivity index (χ0n) is 18.8. The number of aryl methyl sites for hydroxylation is 1. The van der Waals surface area contributed by atoms with Crippen LogP contribution in [0.2, 0.25) is 5.02 Å². The van der Waals surface area contributed by atoms with Crippen LogP contribution in [0.5, 0.6) is 11.5 Å². The van der Waals surface area contributed by atoms with Gasteiger partial charge >= 0.3 is 0 Å². The Bertz CT molecular complexity index is 1080. The second kappa shape index (κ2) is 10.5. The van der Waals surface area contributed by atoms with E-state index in [1.165, 1.54) is 0 Å². The summed E-state index contributed by atoms with van der Waals surface area (Å²) in [5.74, 6) is 2.13. The average molecular weight is 467 g/mol. The molecule has 0 spiro atoms. The zero-order chi connectivity index (χ0) is 23.2. The Balaban J connectivity index is 1.29.